The van der Waals surface area contributed by atoms with Crippen molar-refractivity contribution in [3.8, 4) is 0 Å². The van der Waals surface area contributed by atoms with Crippen molar-refractivity contribution in [2.75, 3.05) is 43.4 Å². The summed E-state index contributed by atoms with van der Waals surface area (Å²) in [5, 5.41) is 12.9. The number of pyridine rings is 1. The highest BCUT2D eigenvalue weighted by Crippen LogP contribution is 2.33. The van der Waals surface area contributed by atoms with Gasteiger partial charge < -0.3 is 15.1 Å². The lowest BCUT2D eigenvalue weighted by Crippen LogP contribution is -2.44. The van der Waals surface area contributed by atoms with Crippen LogP contribution in [0.2, 0.25) is 0 Å². The van der Waals surface area contributed by atoms with E-state index >= 15 is 0 Å². The van der Waals surface area contributed by atoms with Gasteiger partial charge in [-0.3, -0.25) is 5.10 Å². The monoisotopic (exact) mass is 379 g/mol. The normalized spacial score (nSPS) is 15.7. The highest BCUT2D eigenvalue weighted by molar-refractivity contribution is 7.13. The molecule has 1 aliphatic heterocycles. The quantitative estimate of drug-likeness (QED) is 0.569. The number of fused-ring (bicyclic) bond motifs is 3. The van der Waals surface area contributed by atoms with Crippen LogP contribution >= 0.6 is 11.5 Å². The Labute approximate surface area is 161 Å². The number of aromatic amines is 1. The second kappa shape index (κ2) is 6.47. The molecule has 3 aromatic heterocycles. The van der Waals surface area contributed by atoms with Crippen LogP contribution < -0.4 is 10.2 Å². The maximum Gasteiger partial charge on any atom is 0.158 e. The molecule has 1 aromatic carbocycles. The van der Waals surface area contributed by atoms with E-state index in [-0.39, 0.29) is 0 Å². The molecule has 1 fully saturated rings. The van der Waals surface area contributed by atoms with E-state index in [0.717, 1.165) is 64.5 Å². The third-order valence-electron chi connectivity index (χ3n) is 5.20. The number of hydrogen-bond acceptors (Lipinski definition) is 7. The third-order valence-corrected chi connectivity index (χ3v) is 6.04. The molecule has 5 rings (SSSR count). The van der Waals surface area contributed by atoms with Gasteiger partial charge in [-0.05, 0) is 49.8 Å². The molecule has 7 nitrogen and oxygen atoms in total. The highest BCUT2D eigenvalue weighted by Gasteiger charge is 2.16. The Balaban J connectivity index is 1.44. The summed E-state index contributed by atoms with van der Waals surface area (Å²) < 4.78 is 4.44. The lowest BCUT2D eigenvalue weighted by Gasteiger charge is -2.34. The highest BCUT2D eigenvalue weighted by atomic mass is 32.1. The van der Waals surface area contributed by atoms with Crippen molar-refractivity contribution in [2.24, 2.45) is 0 Å². The number of anilines is 3. The second-order valence-electron chi connectivity index (χ2n) is 7.03. The molecule has 4 heterocycles. The first-order chi connectivity index (χ1) is 13.2. The topological polar surface area (TPSA) is 73.0 Å². The maximum atomic E-state index is 4.77. The van der Waals surface area contributed by atoms with E-state index in [4.69, 9.17) is 4.98 Å². The number of hydrogen-bond donors (Lipinski definition) is 2. The van der Waals surface area contributed by atoms with E-state index in [0.29, 0.717) is 0 Å². The number of benzene rings is 1. The van der Waals surface area contributed by atoms with Crippen LogP contribution in [0, 0.1) is 6.92 Å². The van der Waals surface area contributed by atoms with Gasteiger partial charge in [0.1, 0.15) is 10.3 Å². The van der Waals surface area contributed by atoms with Gasteiger partial charge in [-0.2, -0.15) is 9.47 Å². The summed E-state index contributed by atoms with van der Waals surface area (Å²) >= 11 is 1.42. The van der Waals surface area contributed by atoms with Gasteiger partial charge in [-0.1, -0.05) is 0 Å². The average Bonchev–Trinajstić information content (AvgIpc) is 3.30. The van der Waals surface area contributed by atoms with Crippen molar-refractivity contribution in [1.29, 1.82) is 0 Å². The summed E-state index contributed by atoms with van der Waals surface area (Å²) in [4.78, 5) is 10.5. The molecule has 0 atom stereocenters. The van der Waals surface area contributed by atoms with Gasteiger partial charge in [-0.15, -0.1) is 0 Å². The average molecular weight is 379 g/mol. The molecule has 8 heteroatoms. The summed E-state index contributed by atoms with van der Waals surface area (Å²) in [6, 6.07) is 8.57. The largest absolute Gasteiger partial charge is 0.369 e. The third kappa shape index (κ3) is 2.90. The van der Waals surface area contributed by atoms with Crippen molar-refractivity contribution < 1.29 is 0 Å². The first-order valence-electron chi connectivity index (χ1n) is 9.09. The predicted molar refractivity (Wildman–Crippen MR) is 111 cm³/mol. The van der Waals surface area contributed by atoms with Crippen molar-refractivity contribution in [1.82, 2.24) is 24.5 Å². The Hall–Kier alpha value is -2.71. The minimum Gasteiger partial charge on any atom is -0.369 e. The number of aromatic nitrogens is 4. The molecule has 0 saturated carbocycles. The molecule has 0 spiro atoms. The van der Waals surface area contributed by atoms with Crippen LogP contribution in [0.3, 0.4) is 0 Å². The molecule has 0 aliphatic carbocycles. The molecule has 2 N–H and O–H groups in total. The summed E-state index contributed by atoms with van der Waals surface area (Å²) in [5.74, 6) is 0.783. The van der Waals surface area contributed by atoms with Gasteiger partial charge in [0.2, 0.25) is 0 Å². The fraction of sp³-hybridized carbons (Fsp3) is 0.316. The summed E-state index contributed by atoms with van der Waals surface area (Å²) in [7, 11) is 2.18. The number of nitrogens with zero attached hydrogens (tertiary/aromatic N) is 5. The van der Waals surface area contributed by atoms with Gasteiger partial charge in [0, 0.05) is 48.3 Å². The zero-order chi connectivity index (χ0) is 18.4. The fourth-order valence-corrected chi connectivity index (χ4v) is 4.40. The smallest absolute Gasteiger partial charge is 0.158 e. The van der Waals surface area contributed by atoms with E-state index in [1.54, 1.807) is 0 Å². The molecule has 4 aromatic rings. The van der Waals surface area contributed by atoms with Gasteiger partial charge in [0.05, 0.1) is 11.9 Å². The van der Waals surface area contributed by atoms with Crippen LogP contribution in [-0.2, 0) is 0 Å². The maximum absolute atomic E-state index is 4.77. The minimum atomic E-state index is 0.783. The van der Waals surface area contributed by atoms with E-state index in [1.165, 1.54) is 17.2 Å². The standard InChI is InChI=1S/C19H21N7S/c1-12-16-15-11-20-23-17(15)18(22-19(16)27-24-12)21-13-3-5-14(6-4-13)26-9-7-25(2)8-10-26/h3-6,11H,7-10H2,1-2H3,(H,20,23)(H,21,22). The molecule has 1 saturated heterocycles. The molecule has 0 unspecified atom stereocenters. The Morgan fingerprint density at radius 1 is 1.11 bits per heavy atom. The lowest BCUT2D eigenvalue weighted by atomic mass is 10.2. The van der Waals surface area contributed by atoms with Gasteiger partial charge >= 0.3 is 0 Å². The summed E-state index contributed by atoms with van der Waals surface area (Å²) in [6.07, 6.45) is 1.85. The molecule has 1 aliphatic rings. The molecule has 0 amide bonds. The predicted octanol–water partition coefficient (Wildman–Crippen LogP) is 3.37. The molecule has 27 heavy (non-hydrogen) atoms. The number of H-pyrrole nitrogens is 1. The van der Waals surface area contributed by atoms with Crippen LogP contribution in [0.1, 0.15) is 5.69 Å². The summed E-state index contributed by atoms with van der Waals surface area (Å²) in [5.41, 5.74) is 4.18. The summed E-state index contributed by atoms with van der Waals surface area (Å²) in [6.45, 7) is 6.37. The van der Waals surface area contributed by atoms with Crippen molar-refractivity contribution in [3.05, 3.63) is 36.2 Å². The SMILES string of the molecule is Cc1nsc2nc(Nc3ccc(N4CCN(C)CC4)cc3)c3[nH]ncc3c12. The number of nitrogens with one attached hydrogen (secondary N) is 2. The van der Waals surface area contributed by atoms with E-state index in [9.17, 15) is 0 Å². The minimum absolute atomic E-state index is 0.783. The second-order valence-corrected chi connectivity index (χ2v) is 7.78. The first kappa shape index (κ1) is 16.5. The zero-order valence-corrected chi connectivity index (χ0v) is 16.2. The molecular weight excluding hydrogens is 358 g/mol. The number of likely N-dealkylation sites (N-methyl/N-ethyl adjacent to an activating group) is 1. The Morgan fingerprint density at radius 2 is 1.89 bits per heavy atom. The van der Waals surface area contributed by atoms with Crippen molar-refractivity contribution in [2.45, 2.75) is 6.92 Å². The fourth-order valence-electron chi connectivity index (χ4n) is 3.61. The van der Waals surface area contributed by atoms with Crippen LogP contribution in [0.25, 0.3) is 21.1 Å². The van der Waals surface area contributed by atoms with E-state index in [1.807, 2.05) is 13.1 Å². The Bertz CT molecular complexity index is 1090. The van der Waals surface area contributed by atoms with Crippen LogP contribution in [0.5, 0.6) is 0 Å². The van der Waals surface area contributed by atoms with E-state index in [2.05, 4.69) is 61.0 Å². The van der Waals surface area contributed by atoms with Gasteiger partial charge in [-0.25, -0.2) is 4.98 Å². The molecule has 0 radical (unpaired) electrons. The van der Waals surface area contributed by atoms with Crippen LogP contribution in [-0.4, -0.2) is 57.7 Å². The van der Waals surface area contributed by atoms with Gasteiger partial charge in [0.25, 0.3) is 0 Å². The number of aryl methyl sites for hydroxylation is 1. The molecule has 138 valence electrons. The zero-order valence-electron chi connectivity index (χ0n) is 15.4. The number of rotatable bonds is 3. The van der Waals surface area contributed by atoms with Crippen molar-refractivity contribution in [3.63, 3.8) is 0 Å². The molecule has 0 bridgehead atoms. The van der Waals surface area contributed by atoms with Crippen molar-refractivity contribution >= 4 is 49.8 Å². The lowest BCUT2D eigenvalue weighted by molar-refractivity contribution is 0.313. The molecular formula is C19H21N7S. The Morgan fingerprint density at radius 3 is 2.67 bits per heavy atom. The van der Waals surface area contributed by atoms with Gasteiger partial charge in [0.15, 0.2) is 5.82 Å². The first-order valence-corrected chi connectivity index (χ1v) is 9.86. The number of piperazine rings is 1. The van der Waals surface area contributed by atoms with E-state index < -0.39 is 0 Å². The Kier molecular flexibility index (Phi) is 3.95. The van der Waals surface area contributed by atoms with Crippen LogP contribution in [0.4, 0.5) is 17.2 Å². The van der Waals surface area contributed by atoms with Crippen LogP contribution in [0.15, 0.2) is 30.5 Å².